The van der Waals surface area contributed by atoms with Gasteiger partial charge in [0.2, 0.25) is 0 Å². The molecule has 0 bridgehead atoms. The normalized spacial score (nSPS) is 22.9. The van der Waals surface area contributed by atoms with Gasteiger partial charge in [0.1, 0.15) is 10.7 Å². The van der Waals surface area contributed by atoms with Gasteiger partial charge >= 0.3 is 0 Å². The van der Waals surface area contributed by atoms with E-state index in [9.17, 15) is 4.79 Å². The third kappa shape index (κ3) is 3.29. The molecular weight excluding hydrogens is 286 g/mol. The predicted molar refractivity (Wildman–Crippen MR) is 85.6 cm³/mol. The Bertz CT molecular complexity index is 511. The maximum atomic E-state index is 12.3. The van der Waals surface area contributed by atoms with Gasteiger partial charge in [0.15, 0.2) is 5.13 Å². The molecule has 0 aromatic carbocycles. The summed E-state index contributed by atoms with van der Waals surface area (Å²) in [6.07, 6.45) is 5.96. The molecule has 2 heterocycles. The van der Waals surface area contributed by atoms with Crippen LogP contribution in [0.2, 0.25) is 0 Å². The highest BCUT2D eigenvalue weighted by molar-refractivity contribution is 7.18. The standard InChI is InChI=1S/C14H23N5OS/c15-10-5-6-19(8-10)14-18-12(16)11(21-14)13(20)17-7-9-3-1-2-4-9/h9-10H,1-8,15-16H2,(H,17,20). The summed E-state index contributed by atoms with van der Waals surface area (Å²) in [5.41, 5.74) is 11.8. The van der Waals surface area contributed by atoms with Crippen molar-refractivity contribution >= 4 is 28.2 Å². The lowest BCUT2D eigenvalue weighted by Crippen LogP contribution is -2.28. The van der Waals surface area contributed by atoms with Crippen LogP contribution in [0.25, 0.3) is 0 Å². The fourth-order valence-corrected chi connectivity index (χ4v) is 4.05. The number of anilines is 2. The van der Waals surface area contributed by atoms with Crippen molar-refractivity contribution in [3.63, 3.8) is 0 Å². The number of nitrogens with two attached hydrogens (primary N) is 2. The number of hydrogen-bond donors (Lipinski definition) is 3. The molecule has 1 saturated heterocycles. The average Bonchev–Trinajstić information content (AvgIpc) is 3.16. The summed E-state index contributed by atoms with van der Waals surface area (Å²) < 4.78 is 0. The van der Waals surface area contributed by atoms with E-state index in [0.29, 0.717) is 16.6 Å². The monoisotopic (exact) mass is 309 g/mol. The number of carbonyl (C=O) groups excluding carboxylic acids is 1. The predicted octanol–water partition coefficient (Wildman–Crippen LogP) is 1.18. The van der Waals surface area contributed by atoms with Crippen molar-refractivity contribution in [2.24, 2.45) is 11.7 Å². The number of nitrogen functional groups attached to an aromatic ring is 1. The van der Waals surface area contributed by atoms with E-state index in [0.717, 1.165) is 31.2 Å². The maximum Gasteiger partial charge on any atom is 0.265 e. The maximum absolute atomic E-state index is 12.3. The summed E-state index contributed by atoms with van der Waals surface area (Å²) in [5.74, 6) is 0.866. The van der Waals surface area contributed by atoms with E-state index in [1.807, 2.05) is 0 Å². The van der Waals surface area contributed by atoms with Crippen LogP contribution in [-0.4, -0.2) is 36.6 Å². The van der Waals surface area contributed by atoms with Crippen LogP contribution in [0.1, 0.15) is 41.8 Å². The van der Waals surface area contributed by atoms with E-state index in [-0.39, 0.29) is 11.9 Å². The van der Waals surface area contributed by atoms with Gasteiger partial charge in [-0.3, -0.25) is 4.79 Å². The summed E-state index contributed by atoms with van der Waals surface area (Å²) >= 11 is 1.37. The minimum atomic E-state index is -0.0911. The Morgan fingerprint density at radius 1 is 1.38 bits per heavy atom. The van der Waals surface area contributed by atoms with Crippen molar-refractivity contribution in [1.82, 2.24) is 10.3 Å². The molecule has 2 aliphatic rings. The van der Waals surface area contributed by atoms with Crippen LogP contribution in [0.3, 0.4) is 0 Å². The first-order chi connectivity index (χ1) is 10.1. The average molecular weight is 309 g/mol. The third-order valence-electron chi connectivity index (χ3n) is 4.37. The van der Waals surface area contributed by atoms with Crippen LogP contribution in [0.15, 0.2) is 0 Å². The van der Waals surface area contributed by atoms with Crippen LogP contribution in [0, 0.1) is 5.92 Å². The van der Waals surface area contributed by atoms with E-state index >= 15 is 0 Å². The Morgan fingerprint density at radius 2 is 2.14 bits per heavy atom. The van der Waals surface area contributed by atoms with Gasteiger partial charge in [-0.05, 0) is 25.2 Å². The molecule has 1 aliphatic heterocycles. The molecule has 1 aliphatic carbocycles. The molecule has 5 N–H and O–H groups in total. The van der Waals surface area contributed by atoms with Crippen LogP contribution in [0.5, 0.6) is 0 Å². The lowest BCUT2D eigenvalue weighted by Gasteiger charge is -2.13. The Balaban J connectivity index is 1.61. The molecule has 1 unspecified atom stereocenters. The van der Waals surface area contributed by atoms with Crippen LogP contribution >= 0.6 is 11.3 Å². The van der Waals surface area contributed by atoms with Gasteiger partial charge in [-0.15, -0.1) is 0 Å². The first-order valence-corrected chi connectivity index (χ1v) is 8.50. The number of thiazole rings is 1. The Hall–Kier alpha value is -1.34. The number of hydrogen-bond acceptors (Lipinski definition) is 6. The first kappa shape index (κ1) is 14.6. The van der Waals surface area contributed by atoms with E-state index in [1.165, 1.54) is 37.0 Å². The molecule has 1 amide bonds. The van der Waals surface area contributed by atoms with Crippen LogP contribution < -0.4 is 21.7 Å². The number of amides is 1. The highest BCUT2D eigenvalue weighted by atomic mass is 32.1. The minimum absolute atomic E-state index is 0.0911. The molecule has 1 aromatic rings. The highest BCUT2D eigenvalue weighted by Crippen LogP contribution is 2.30. The fraction of sp³-hybridized carbons (Fsp3) is 0.714. The lowest BCUT2D eigenvalue weighted by atomic mass is 10.1. The molecule has 7 heteroatoms. The van der Waals surface area contributed by atoms with Gasteiger partial charge in [-0.2, -0.15) is 0 Å². The molecule has 1 saturated carbocycles. The van der Waals surface area contributed by atoms with Crippen LogP contribution in [-0.2, 0) is 0 Å². The lowest BCUT2D eigenvalue weighted by molar-refractivity contribution is 0.0952. The number of nitrogens with one attached hydrogen (secondary N) is 1. The van der Waals surface area contributed by atoms with Gasteiger partial charge < -0.3 is 21.7 Å². The van der Waals surface area contributed by atoms with Crippen molar-refractivity contribution in [3.05, 3.63) is 4.88 Å². The number of carbonyl (C=O) groups is 1. The van der Waals surface area contributed by atoms with Gasteiger partial charge in [-0.1, -0.05) is 24.2 Å². The summed E-state index contributed by atoms with van der Waals surface area (Å²) in [6.45, 7) is 2.42. The highest BCUT2D eigenvalue weighted by Gasteiger charge is 2.25. The molecule has 1 aromatic heterocycles. The number of nitrogens with zero attached hydrogens (tertiary/aromatic N) is 2. The summed E-state index contributed by atoms with van der Waals surface area (Å²) in [7, 11) is 0. The smallest absolute Gasteiger partial charge is 0.265 e. The molecule has 1 atom stereocenters. The molecule has 3 rings (SSSR count). The van der Waals surface area contributed by atoms with Gasteiger partial charge in [-0.25, -0.2) is 4.98 Å². The quantitative estimate of drug-likeness (QED) is 0.776. The molecule has 0 radical (unpaired) electrons. The molecule has 0 spiro atoms. The van der Waals surface area contributed by atoms with Crippen molar-refractivity contribution in [2.75, 3.05) is 30.3 Å². The summed E-state index contributed by atoms with van der Waals surface area (Å²) in [5, 5.41) is 3.81. The third-order valence-corrected chi connectivity index (χ3v) is 5.50. The zero-order valence-corrected chi connectivity index (χ0v) is 13.0. The number of aromatic nitrogens is 1. The SMILES string of the molecule is Nc1nc(N2CCC(N)C2)sc1C(=O)NCC1CCCC1. The van der Waals surface area contributed by atoms with E-state index in [4.69, 9.17) is 11.5 Å². The second-order valence-corrected chi connectivity index (χ2v) is 7.04. The van der Waals surface area contributed by atoms with Gasteiger partial charge in [0, 0.05) is 25.7 Å². The molecule has 6 nitrogen and oxygen atoms in total. The molecular formula is C14H23N5OS. The minimum Gasteiger partial charge on any atom is -0.382 e. The van der Waals surface area contributed by atoms with Gasteiger partial charge in [0.05, 0.1) is 0 Å². The van der Waals surface area contributed by atoms with Crippen LogP contribution in [0.4, 0.5) is 10.9 Å². The van der Waals surface area contributed by atoms with Crippen molar-refractivity contribution in [1.29, 1.82) is 0 Å². The Morgan fingerprint density at radius 3 is 2.81 bits per heavy atom. The molecule has 2 fully saturated rings. The summed E-state index contributed by atoms with van der Waals surface area (Å²) in [6, 6.07) is 0.190. The summed E-state index contributed by atoms with van der Waals surface area (Å²) in [4.78, 5) is 19.2. The second-order valence-electron chi connectivity index (χ2n) is 6.07. The second kappa shape index (κ2) is 6.19. The number of rotatable bonds is 4. The largest absolute Gasteiger partial charge is 0.382 e. The molecule has 116 valence electrons. The van der Waals surface area contributed by atoms with Crippen molar-refractivity contribution < 1.29 is 4.79 Å². The fourth-order valence-electron chi connectivity index (χ4n) is 3.11. The topological polar surface area (TPSA) is 97.3 Å². The Kier molecular flexibility index (Phi) is 4.30. The zero-order chi connectivity index (χ0) is 14.8. The molecule has 21 heavy (non-hydrogen) atoms. The zero-order valence-electron chi connectivity index (χ0n) is 12.2. The van der Waals surface area contributed by atoms with E-state index in [1.54, 1.807) is 0 Å². The van der Waals surface area contributed by atoms with Gasteiger partial charge in [0.25, 0.3) is 5.91 Å². The Labute approximate surface area is 128 Å². The van der Waals surface area contributed by atoms with Crippen molar-refractivity contribution in [2.45, 2.75) is 38.1 Å². The van der Waals surface area contributed by atoms with E-state index < -0.39 is 0 Å². The van der Waals surface area contributed by atoms with Crippen molar-refractivity contribution in [3.8, 4) is 0 Å². The first-order valence-electron chi connectivity index (χ1n) is 7.68. The van der Waals surface area contributed by atoms with E-state index in [2.05, 4.69) is 15.2 Å².